The molecule has 2 rings (SSSR count). The number of rotatable bonds is 9. The van der Waals surface area contributed by atoms with E-state index >= 15 is 0 Å². The predicted molar refractivity (Wildman–Crippen MR) is 109 cm³/mol. The van der Waals surface area contributed by atoms with E-state index < -0.39 is 21.7 Å². The second-order valence-corrected chi connectivity index (χ2v) is 8.35. The highest BCUT2D eigenvalue weighted by Crippen LogP contribution is 2.32. The minimum Gasteiger partial charge on any atom is -0.484 e. The highest BCUT2D eigenvalue weighted by Gasteiger charge is 2.42. The second-order valence-electron chi connectivity index (χ2n) is 6.77. The first kappa shape index (κ1) is 22.8. The Kier molecular flexibility index (Phi) is 7.37. The van der Waals surface area contributed by atoms with Crippen molar-refractivity contribution in [2.75, 3.05) is 12.9 Å². The molecule has 7 nitrogen and oxygen atoms in total. The maximum Gasteiger partial charge on any atom is 0.344 e. The summed E-state index contributed by atoms with van der Waals surface area (Å²) in [5.41, 5.74) is 0.368. The van der Waals surface area contributed by atoms with Crippen LogP contribution in [-0.4, -0.2) is 32.2 Å². The van der Waals surface area contributed by atoms with Gasteiger partial charge in [-0.25, -0.2) is 8.98 Å². The molecule has 0 fully saturated rings. The Hall–Kier alpha value is -2.45. The van der Waals surface area contributed by atoms with Gasteiger partial charge in [0, 0.05) is 6.20 Å². The van der Waals surface area contributed by atoms with Crippen LogP contribution in [0, 0.1) is 0 Å². The normalized spacial score (nSPS) is 14.7. The van der Waals surface area contributed by atoms with E-state index in [-0.39, 0.29) is 12.7 Å². The lowest BCUT2D eigenvalue weighted by molar-refractivity contribution is -0.160. The molecule has 0 saturated heterocycles. The fourth-order valence-electron chi connectivity index (χ4n) is 2.79. The van der Waals surface area contributed by atoms with Crippen molar-refractivity contribution in [1.82, 2.24) is 4.98 Å². The molecule has 29 heavy (non-hydrogen) atoms. The van der Waals surface area contributed by atoms with Crippen molar-refractivity contribution < 1.29 is 26.9 Å². The van der Waals surface area contributed by atoms with Gasteiger partial charge in [-0.2, -0.15) is 8.42 Å². The summed E-state index contributed by atoms with van der Waals surface area (Å²) in [7, 11) is -3.93. The number of pyridine rings is 1. The van der Waals surface area contributed by atoms with Gasteiger partial charge in [-0.15, -0.1) is 0 Å². The third kappa shape index (κ3) is 6.01. The van der Waals surface area contributed by atoms with Crippen molar-refractivity contribution in [2.24, 2.45) is 0 Å². The number of aromatic nitrogens is 1. The lowest BCUT2D eigenvalue weighted by Gasteiger charge is -2.27. The van der Waals surface area contributed by atoms with Gasteiger partial charge in [0.1, 0.15) is 11.9 Å². The predicted octanol–water partition coefficient (Wildman–Crippen LogP) is 3.54. The highest BCUT2D eigenvalue weighted by molar-refractivity contribution is 7.86. The number of nitrogens with zero attached hydrogens (tertiary/aromatic N) is 1. The number of hydrogen-bond donors (Lipinski definition) is 0. The van der Waals surface area contributed by atoms with Gasteiger partial charge in [0.2, 0.25) is 5.60 Å². The zero-order chi connectivity index (χ0) is 21.7. The van der Waals surface area contributed by atoms with E-state index in [1.165, 1.54) is 6.92 Å². The van der Waals surface area contributed by atoms with E-state index in [1.807, 2.05) is 25.3 Å². The van der Waals surface area contributed by atoms with Crippen LogP contribution in [0.25, 0.3) is 0 Å². The zero-order valence-corrected chi connectivity index (χ0v) is 18.2. The van der Waals surface area contributed by atoms with Crippen LogP contribution in [0.15, 0.2) is 42.6 Å². The van der Waals surface area contributed by atoms with Crippen molar-refractivity contribution in [3.8, 4) is 5.75 Å². The molecule has 2 unspecified atom stereocenters. The number of benzene rings is 1. The quantitative estimate of drug-likeness (QED) is 0.452. The molecule has 158 valence electrons. The molecule has 0 aliphatic heterocycles. The van der Waals surface area contributed by atoms with Crippen LogP contribution in [0.4, 0.5) is 0 Å². The summed E-state index contributed by atoms with van der Waals surface area (Å²) in [6.45, 7) is 7.00. The minimum absolute atomic E-state index is 0.0915. The number of hydrogen-bond acceptors (Lipinski definition) is 7. The molecule has 1 aromatic heterocycles. The van der Waals surface area contributed by atoms with Gasteiger partial charge < -0.3 is 9.47 Å². The number of aryl methyl sites for hydroxylation is 1. The van der Waals surface area contributed by atoms with Crippen molar-refractivity contribution in [3.05, 3.63) is 59.4 Å². The lowest BCUT2D eigenvalue weighted by Crippen LogP contribution is -2.39. The van der Waals surface area contributed by atoms with Gasteiger partial charge in [-0.3, -0.25) is 4.98 Å². The van der Waals surface area contributed by atoms with Crippen LogP contribution in [0.3, 0.4) is 0 Å². The van der Waals surface area contributed by atoms with Gasteiger partial charge in [0.05, 0.1) is 18.6 Å². The summed E-state index contributed by atoms with van der Waals surface area (Å²) in [5, 5.41) is 0. The van der Waals surface area contributed by atoms with Gasteiger partial charge in [0.15, 0.2) is 0 Å². The van der Waals surface area contributed by atoms with Crippen molar-refractivity contribution in [1.29, 1.82) is 0 Å². The topological polar surface area (TPSA) is 91.8 Å². The molecular formula is C21H27NO6S. The first-order valence-corrected chi connectivity index (χ1v) is 11.2. The van der Waals surface area contributed by atoms with E-state index in [9.17, 15) is 13.2 Å². The third-order valence-corrected chi connectivity index (χ3v) is 4.99. The summed E-state index contributed by atoms with van der Waals surface area (Å²) in [6.07, 6.45) is 3.25. The Morgan fingerprint density at radius 1 is 1.21 bits per heavy atom. The molecule has 8 heteroatoms. The Bertz CT molecular complexity index is 942. The molecule has 0 aliphatic carbocycles. The standard InChI is InChI=1S/C21H27NO6S/c1-6-16-11-12-19(22-14-16)15(3)27-18-10-8-9-17(13-18)21(4,20(23)26-7-2)28-29(5,24)25/h8-15H,6-7H2,1-5H3. The Morgan fingerprint density at radius 3 is 2.48 bits per heavy atom. The van der Waals surface area contributed by atoms with Crippen molar-refractivity contribution >= 4 is 16.1 Å². The molecule has 0 spiro atoms. The van der Waals surface area contributed by atoms with Crippen molar-refractivity contribution in [3.63, 3.8) is 0 Å². The molecule has 0 aliphatic rings. The molecule has 2 atom stereocenters. The molecule has 0 N–H and O–H groups in total. The molecule has 1 heterocycles. The van der Waals surface area contributed by atoms with Crippen LogP contribution < -0.4 is 4.74 Å². The number of carbonyl (C=O) groups is 1. The van der Waals surface area contributed by atoms with Gasteiger partial charge in [0.25, 0.3) is 10.1 Å². The van der Waals surface area contributed by atoms with Crippen LogP contribution in [0.2, 0.25) is 0 Å². The second kappa shape index (κ2) is 9.37. The van der Waals surface area contributed by atoms with Gasteiger partial charge >= 0.3 is 5.97 Å². The van der Waals surface area contributed by atoms with E-state index in [1.54, 1.807) is 31.2 Å². The number of ether oxygens (including phenoxy) is 2. The Labute approximate surface area is 172 Å². The average Bonchev–Trinajstić information content (AvgIpc) is 2.67. The third-order valence-electron chi connectivity index (χ3n) is 4.35. The Morgan fingerprint density at radius 2 is 1.93 bits per heavy atom. The molecular weight excluding hydrogens is 394 g/mol. The lowest BCUT2D eigenvalue weighted by atomic mass is 9.96. The van der Waals surface area contributed by atoms with Gasteiger partial charge in [-0.1, -0.05) is 25.1 Å². The fourth-order valence-corrected chi connectivity index (χ4v) is 3.56. The minimum atomic E-state index is -3.93. The SMILES string of the molecule is CCOC(=O)C(C)(OS(C)(=O)=O)c1cccc(OC(C)c2ccc(CC)cn2)c1. The smallest absolute Gasteiger partial charge is 0.344 e. The van der Waals surface area contributed by atoms with Crippen LogP contribution in [0.1, 0.15) is 50.6 Å². The van der Waals surface area contributed by atoms with Gasteiger partial charge in [-0.05, 0) is 56.5 Å². The Balaban J connectivity index is 2.32. The van der Waals surface area contributed by atoms with E-state index in [0.717, 1.165) is 23.9 Å². The molecule has 0 bridgehead atoms. The number of esters is 1. The molecule has 2 aromatic rings. The summed E-state index contributed by atoms with van der Waals surface area (Å²) in [6, 6.07) is 10.4. The molecule has 0 radical (unpaired) electrons. The highest BCUT2D eigenvalue weighted by atomic mass is 32.2. The van der Waals surface area contributed by atoms with Crippen LogP contribution >= 0.6 is 0 Å². The summed E-state index contributed by atoms with van der Waals surface area (Å²) >= 11 is 0. The summed E-state index contributed by atoms with van der Waals surface area (Å²) < 4.78 is 39.6. The molecule has 0 saturated carbocycles. The monoisotopic (exact) mass is 421 g/mol. The molecule has 1 aromatic carbocycles. The maximum absolute atomic E-state index is 12.5. The van der Waals surface area contributed by atoms with E-state index in [0.29, 0.717) is 11.3 Å². The van der Waals surface area contributed by atoms with Crippen LogP contribution in [-0.2, 0) is 35.9 Å². The fraction of sp³-hybridized carbons (Fsp3) is 0.429. The average molecular weight is 422 g/mol. The van der Waals surface area contributed by atoms with Crippen LogP contribution in [0.5, 0.6) is 5.75 Å². The van der Waals surface area contributed by atoms with Crippen molar-refractivity contribution in [2.45, 2.75) is 45.8 Å². The molecule has 0 amide bonds. The van der Waals surface area contributed by atoms with E-state index in [2.05, 4.69) is 11.9 Å². The largest absolute Gasteiger partial charge is 0.484 e. The first-order valence-electron chi connectivity index (χ1n) is 9.39. The number of carbonyl (C=O) groups excluding carboxylic acids is 1. The zero-order valence-electron chi connectivity index (χ0n) is 17.3. The first-order chi connectivity index (χ1) is 13.6. The maximum atomic E-state index is 12.5. The summed E-state index contributed by atoms with van der Waals surface area (Å²) in [4.78, 5) is 16.9. The summed E-state index contributed by atoms with van der Waals surface area (Å²) in [5.74, 6) is -0.351. The van der Waals surface area contributed by atoms with E-state index in [4.69, 9.17) is 13.7 Å².